The van der Waals surface area contributed by atoms with Gasteiger partial charge < -0.3 is 10.1 Å². The van der Waals surface area contributed by atoms with Crippen LogP contribution in [0.5, 0.6) is 5.75 Å². The van der Waals surface area contributed by atoms with Gasteiger partial charge in [0.25, 0.3) is 0 Å². The molecule has 0 saturated carbocycles. The zero-order chi connectivity index (χ0) is 13.2. The Kier molecular flexibility index (Phi) is 5.82. The minimum atomic E-state index is -0.192. The van der Waals surface area contributed by atoms with Crippen LogP contribution in [0.1, 0.15) is 0 Å². The maximum Gasteiger partial charge on any atom is 0.238 e. The maximum atomic E-state index is 11.5. The zero-order valence-corrected chi connectivity index (χ0v) is 9.77. The van der Waals surface area contributed by atoms with Crippen LogP contribution in [0.2, 0.25) is 0 Å². The van der Waals surface area contributed by atoms with Crippen LogP contribution >= 0.6 is 0 Å². The molecule has 0 unspecified atom stereocenters. The van der Waals surface area contributed by atoms with Crippen LogP contribution in [0.3, 0.4) is 0 Å². The van der Waals surface area contributed by atoms with E-state index >= 15 is 0 Å². The van der Waals surface area contributed by atoms with Crippen LogP contribution in [0.4, 0.5) is 5.69 Å². The van der Waals surface area contributed by atoms with Crippen molar-refractivity contribution in [1.29, 1.82) is 5.26 Å². The molecular weight excluding hydrogens is 230 g/mol. The van der Waals surface area contributed by atoms with E-state index in [2.05, 4.69) is 16.6 Å². The van der Waals surface area contributed by atoms with Crippen LogP contribution in [0.25, 0.3) is 0 Å². The van der Waals surface area contributed by atoms with Crippen LogP contribution in [-0.4, -0.2) is 25.6 Å². The van der Waals surface area contributed by atoms with Crippen molar-refractivity contribution in [1.82, 2.24) is 5.32 Å². The lowest BCUT2D eigenvalue weighted by Gasteiger charge is -2.07. The molecule has 0 fully saturated rings. The third-order valence-electron chi connectivity index (χ3n) is 1.93. The summed E-state index contributed by atoms with van der Waals surface area (Å²) in [6, 6.07) is 8.70. The minimum absolute atomic E-state index is 0.0267. The number of nitriles is 1. The van der Waals surface area contributed by atoms with Gasteiger partial charge in [-0.05, 0) is 12.1 Å². The van der Waals surface area contributed by atoms with Crippen molar-refractivity contribution in [2.75, 3.05) is 25.0 Å². The molecule has 1 amide bonds. The molecule has 0 aliphatic carbocycles. The molecular formula is C13H13N3O2. The maximum absolute atomic E-state index is 11.5. The number of amides is 1. The van der Waals surface area contributed by atoms with Crippen LogP contribution in [0, 0.1) is 23.7 Å². The summed E-state index contributed by atoms with van der Waals surface area (Å²) in [5, 5.41) is 13.9. The van der Waals surface area contributed by atoms with Crippen LogP contribution < -0.4 is 15.4 Å². The van der Waals surface area contributed by atoms with Gasteiger partial charge in [-0.25, -0.2) is 0 Å². The van der Waals surface area contributed by atoms with Crippen molar-refractivity contribution in [3.63, 3.8) is 0 Å². The SMILES string of the molecule is C#CCNCC(=O)Nc1cccc(OCC#N)c1. The molecule has 1 rings (SSSR count). The van der Waals surface area contributed by atoms with Gasteiger partial charge in [-0.15, -0.1) is 6.42 Å². The van der Waals surface area contributed by atoms with Crippen LogP contribution in [-0.2, 0) is 4.79 Å². The Morgan fingerprint density at radius 2 is 2.33 bits per heavy atom. The summed E-state index contributed by atoms with van der Waals surface area (Å²) in [5.74, 6) is 2.72. The van der Waals surface area contributed by atoms with Gasteiger partial charge in [-0.2, -0.15) is 5.26 Å². The van der Waals surface area contributed by atoms with Crippen molar-refractivity contribution >= 4 is 11.6 Å². The summed E-state index contributed by atoms with van der Waals surface area (Å²) in [4.78, 5) is 11.5. The molecule has 1 aromatic rings. The lowest BCUT2D eigenvalue weighted by atomic mass is 10.3. The van der Waals surface area contributed by atoms with Gasteiger partial charge in [0.05, 0.1) is 13.1 Å². The summed E-state index contributed by atoms with van der Waals surface area (Å²) < 4.78 is 5.12. The average molecular weight is 243 g/mol. The molecule has 0 aliphatic heterocycles. The number of ether oxygens (including phenoxy) is 1. The molecule has 0 bridgehead atoms. The second-order valence-corrected chi connectivity index (χ2v) is 3.33. The Balaban J connectivity index is 2.49. The van der Waals surface area contributed by atoms with E-state index in [1.807, 2.05) is 6.07 Å². The summed E-state index contributed by atoms with van der Waals surface area (Å²) in [5.41, 5.74) is 0.609. The van der Waals surface area contributed by atoms with E-state index in [-0.39, 0.29) is 19.1 Å². The molecule has 0 aromatic heterocycles. The van der Waals surface area contributed by atoms with E-state index in [1.165, 1.54) is 0 Å². The van der Waals surface area contributed by atoms with Crippen molar-refractivity contribution in [2.45, 2.75) is 0 Å². The number of anilines is 1. The van der Waals surface area contributed by atoms with Gasteiger partial charge >= 0.3 is 0 Å². The van der Waals surface area contributed by atoms with Gasteiger partial charge in [-0.3, -0.25) is 10.1 Å². The molecule has 0 radical (unpaired) electrons. The summed E-state index contributed by atoms with van der Waals surface area (Å²) in [6.07, 6.45) is 5.05. The quantitative estimate of drug-likeness (QED) is 0.571. The van der Waals surface area contributed by atoms with E-state index in [1.54, 1.807) is 24.3 Å². The topological polar surface area (TPSA) is 74.2 Å². The minimum Gasteiger partial charge on any atom is -0.479 e. The lowest BCUT2D eigenvalue weighted by Crippen LogP contribution is -2.28. The largest absolute Gasteiger partial charge is 0.479 e. The highest BCUT2D eigenvalue weighted by Gasteiger charge is 2.02. The van der Waals surface area contributed by atoms with Gasteiger partial charge in [0.2, 0.25) is 5.91 Å². The first-order valence-corrected chi connectivity index (χ1v) is 5.30. The monoisotopic (exact) mass is 243 g/mol. The van der Waals surface area contributed by atoms with Crippen LogP contribution in [0.15, 0.2) is 24.3 Å². The highest BCUT2D eigenvalue weighted by molar-refractivity contribution is 5.92. The normalized spacial score (nSPS) is 9.00. The second-order valence-electron chi connectivity index (χ2n) is 3.33. The molecule has 18 heavy (non-hydrogen) atoms. The molecule has 0 heterocycles. The Labute approximate surface area is 106 Å². The van der Waals surface area contributed by atoms with Gasteiger partial charge in [0.15, 0.2) is 6.61 Å². The second kappa shape index (κ2) is 7.72. The average Bonchev–Trinajstić information content (AvgIpc) is 2.37. The van der Waals surface area contributed by atoms with E-state index in [4.69, 9.17) is 16.4 Å². The van der Waals surface area contributed by atoms with Crippen molar-refractivity contribution < 1.29 is 9.53 Å². The smallest absolute Gasteiger partial charge is 0.238 e. The molecule has 0 saturated heterocycles. The van der Waals surface area contributed by atoms with E-state index in [9.17, 15) is 4.79 Å². The lowest BCUT2D eigenvalue weighted by molar-refractivity contribution is -0.115. The fourth-order valence-corrected chi connectivity index (χ4v) is 1.23. The Morgan fingerprint density at radius 1 is 1.50 bits per heavy atom. The molecule has 1 aromatic carbocycles. The third kappa shape index (κ3) is 5.02. The third-order valence-corrected chi connectivity index (χ3v) is 1.93. The Hall–Kier alpha value is -2.50. The van der Waals surface area contributed by atoms with Gasteiger partial charge in [0, 0.05) is 11.8 Å². The van der Waals surface area contributed by atoms with Crippen molar-refractivity contribution in [3.05, 3.63) is 24.3 Å². The summed E-state index contributed by atoms with van der Waals surface area (Å²) >= 11 is 0. The molecule has 5 nitrogen and oxygen atoms in total. The molecule has 0 aliphatic rings. The van der Waals surface area contributed by atoms with Crippen molar-refractivity contribution in [2.24, 2.45) is 0 Å². The number of hydrogen-bond acceptors (Lipinski definition) is 4. The van der Waals surface area contributed by atoms with Crippen molar-refractivity contribution in [3.8, 4) is 24.2 Å². The molecule has 92 valence electrons. The molecule has 2 N–H and O–H groups in total. The van der Waals surface area contributed by atoms with Gasteiger partial charge in [-0.1, -0.05) is 12.0 Å². The number of nitrogens with zero attached hydrogens (tertiary/aromatic N) is 1. The molecule has 0 atom stereocenters. The fourth-order valence-electron chi connectivity index (χ4n) is 1.23. The Bertz CT molecular complexity index is 486. The predicted octanol–water partition coefficient (Wildman–Crippen LogP) is 0.750. The first-order chi connectivity index (χ1) is 8.76. The first-order valence-electron chi connectivity index (χ1n) is 5.30. The fraction of sp³-hybridized carbons (Fsp3) is 0.231. The highest BCUT2D eigenvalue weighted by atomic mass is 16.5. The highest BCUT2D eigenvalue weighted by Crippen LogP contribution is 2.16. The predicted molar refractivity (Wildman–Crippen MR) is 67.9 cm³/mol. The standard InChI is InChI=1S/C13H13N3O2/c1-2-7-15-10-13(17)16-11-4-3-5-12(9-11)18-8-6-14/h1,3-5,9,15H,7-8,10H2,(H,16,17). The number of carbonyl (C=O) groups excluding carboxylic acids is 1. The number of terminal acetylenes is 1. The van der Waals surface area contributed by atoms with E-state index in [0.717, 1.165) is 0 Å². The van der Waals surface area contributed by atoms with Gasteiger partial charge in [0.1, 0.15) is 11.8 Å². The number of rotatable bonds is 6. The zero-order valence-electron chi connectivity index (χ0n) is 9.77. The van der Waals surface area contributed by atoms with E-state index < -0.39 is 0 Å². The Morgan fingerprint density at radius 3 is 3.06 bits per heavy atom. The number of nitrogens with one attached hydrogen (secondary N) is 2. The molecule has 5 heteroatoms. The first kappa shape index (κ1) is 13.6. The molecule has 0 spiro atoms. The van der Waals surface area contributed by atoms with E-state index in [0.29, 0.717) is 18.0 Å². The number of benzene rings is 1. The number of carbonyl (C=O) groups is 1. The summed E-state index contributed by atoms with van der Waals surface area (Å²) in [6.45, 7) is 0.466. The number of hydrogen-bond donors (Lipinski definition) is 2. The summed E-state index contributed by atoms with van der Waals surface area (Å²) in [7, 11) is 0.